The SMILES string of the molecule is C=CCC(CC=C)C(=O)OCC(CN1CC2CCCC(C1=O)N2C(=O)C(=O)c1cc(OC)c(OC)c(OC)c1)OCc1ccccc1. The largest absolute Gasteiger partial charge is 0.493 e. The van der Waals surface area contributed by atoms with Gasteiger partial charge < -0.3 is 33.5 Å². The van der Waals surface area contributed by atoms with E-state index >= 15 is 0 Å². The second-order valence-electron chi connectivity index (χ2n) is 11.6. The van der Waals surface area contributed by atoms with Crippen molar-refractivity contribution < 1.29 is 42.9 Å². The number of ketones is 1. The van der Waals surface area contributed by atoms with Gasteiger partial charge >= 0.3 is 5.97 Å². The number of ether oxygens (including phenoxy) is 5. The van der Waals surface area contributed by atoms with Crippen molar-refractivity contribution in [1.29, 1.82) is 0 Å². The van der Waals surface area contributed by atoms with Crippen molar-refractivity contribution in [3.63, 3.8) is 0 Å². The van der Waals surface area contributed by atoms with Crippen LogP contribution in [0.2, 0.25) is 0 Å². The molecule has 2 bridgehead atoms. The van der Waals surface area contributed by atoms with Gasteiger partial charge in [-0.05, 0) is 49.8 Å². The first-order valence-electron chi connectivity index (χ1n) is 15.8. The van der Waals surface area contributed by atoms with E-state index in [1.807, 2.05) is 30.3 Å². The van der Waals surface area contributed by atoms with E-state index in [0.717, 1.165) is 12.0 Å². The van der Waals surface area contributed by atoms with Crippen LogP contribution in [-0.2, 0) is 30.5 Å². The number of hydrogen-bond acceptors (Lipinski definition) is 9. The van der Waals surface area contributed by atoms with Crippen LogP contribution in [0, 0.1) is 5.92 Å². The van der Waals surface area contributed by atoms with Crippen LogP contribution in [0.4, 0.5) is 0 Å². The fraction of sp³-hybridized carbons (Fsp3) is 0.444. The van der Waals surface area contributed by atoms with Crippen molar-refractivity contribution in [1.82, 2.24) is 9.80 Å². The molecule has 4 rings (SSSR count). The molecule has 0 spiro atoms. The summed E-state index contributed by atoms with van der Waals surface area (Å²) >= 11 is 0. The van der Waals surface area contributed by atoms with Gasteiger partial charge in [-0.2, -0.15) is 0 Å². The molecule has 47 heavy (non-hydrogen) atoms. The molecule has 3 atom stereocenters. The van der Waals surface area contributed by atoms with Crippen LogP contribution >= 0.6 is 0 Å². The lowest BCUT2D eigenvalue weighted by atomic mass is 9.89. The maximum atomic E-state index is 13.9. The number of carbonyl (C=O) groups excluding carboxylic acids is 4. The van der Waals surface area contributed by atoms with Gasteiger partial charge in [0.15, 0.2) is 11.5 Å². The summed E-state index contributed by atoms with van der Waals surface area (Å²) in [5, 5.41) is 0. The zero-order valence-corrected chi connectivity index (χ0v) is 27.4. The molecular formula is C36H44N2O9. The molecule has 2 aromatic carbocycles. The molecule has 2 aliphatic heterocycles. The third kappa shape index (κ3) is 8.40. The Balaban J connectivity index is 1.51. The van der Waals surface area contributed by atoms with Crippen LogP contribution in [-0.4, -0.2) is 92.6 Å². The van der Waals surface area contributed by atoms with Gasteiger partial charge in [0.1, 0.15) is 18.8 Å². The van der Waals surface area contributed by atoms with E-state index in [9.17, 15) is 19.2 Å². The highest BCUT2D eigenvalue weighted by Crippen LogP contribution is 2.39. The lowest BCUT2D eigenvalue weighted by molar-refractivity contribution is -0.162. The van der Waals surface area contributed by atoms with Gasteiger partial charge in [-0.15, -0.1) is 13.2 Å². The fourth-order valence-electron chi connectivity index (χ4n) is 6.15. The molecule has 2 aromatic rings. The van der Waals surface area contributed by atoms with E-state index in [1.54, 1.807) is 17.1 Å². The second kappa shape index (κ2) is 16.8. The van der Waals surface area contributed by atoms with Crippen LogP contribution in [0.5, 0.6) is 17.2 Å². The first-order chi connectivity index (χ1) is 22.8. The number of hydrogen-bond donors (Lipinski definition) is 0. The number of benzene rings is 2. The van der Waals surface area contributed by atoms with E-state index in [2.05, 4.69) is 13.2 Å². The number of nitrogens with zero attached hydrogens (tertiary/aromatic N) is 2. The summed E-state index contributed by atoms with van der Waals surface area (Å²) in [6.45, 7) is 8.04. The van der Waals surface area contributed by atoms with Crippen molar-refractivity contribution in [3.05, 3.63) is 78.9 Å². The Morgan fingerprint density at radius 1 is 0.957 bits per heavy atom. The zero-order chi connectivity index (χ0) is 33.9. The Hall–Kier alpha value is -4.64. The third-order valence-electron chi connectivity index (χ3n) is 8.53. The minimum atomic E-state index is -0.803. The number of rotatable bonds is 17. The van der Waals surface area contributed by atoms with Crippen LogP contribution in [0.15, 0.2) is 67.8 Å². The van der Waals surface area contributed by atoms with Crippen LogP contribution < -0.4 is 14.2 Å². The van der Waals surface area contributed by atoms with E-state index < -0.39 is 29.8 Å². The predicted octanol–water partition coefficient (Wildman–Crippen LogP) is 4.38. The van der Waals surface area contributed by atoms with Crippen molar-refractivity contribution in [2.24, 2.45) is 5.92 Å². The molecule has 0 saturated carbocycles. The van der Waals surface area contributed by atoms with Gasteiger partial charge in [0.05, 0.1) is 46.4 Å². The average Bonchev–Trinajstić information content (AvgIpc) is 3.10. The molecule has 11 nitrogen and oxygen atoms in total. The summed E-state index contributed by atoms with van der Waals surface area (Å²) in [5.41, 5.74) is 1.00. The summed E-state index contributed by atoms with van der Waals surface area (Å²) in [6, 6.07) is 11.3. The molecule has 0 N–H and O–H groups in total. The number of fused-ring (bicyclic) bond motifs is 2. The first kappa shape index (κ1) is 35.2. The van der Waals surface area contributed by atoms with Crippen molar-refractivity contribution >= 4 is 23.6 Å². The summed E-state index contributed by atoms with van der Waals surface area (Å²) < 4.78 is 28.0. The Morgan fingerprint density at radius 2 is 1.62 bits per heavy atom. The second-order valence-corrected chi connectivity index (χ2v) is 11.6. The molecular weight excluding hydrogens is 604 g/mol. The highest BCUT2D eigenvalue weighted by atomic mass is 16.6. The molecule has 3 unspecified atom stereocenters. The highest BCUT2D eigenvalue weighted by molar-refractivity contribution is 6.43. The highest BCUT2D eigenvalue weighted by Gasteiger charge is 2.47. The maximum absolute atomic E-state index is 13.9. The van der Waals surface area contributed by atoms with Gasteiger partial charge in [-0.25, -0.2) is 0 Å². The van der Waals surface area contributed by atoms with Crippen molar-refractivity contribution in [3.8, 4) is 17.2 Å². The van der Waals surface area contributed by atoms with Gasteiger partial charge in [-0.1, -0.05) is 42.5 Å². The monoisotopic (exact) mass is 648 g/mol. The number of allylic oxidation sites excluding steroid dienone is 2. The molecule has 2 heterocycles. The lowest BCUT2D eigenvalue weighted by Crippen LogP contribution is -2.67. The quantitative estimate of drug-likeness (QED) is 0.107. The fourth-order valence-corrected chi connectivity index (χ4v) is 6.15. The number of Topliss-reactive ketones (excluding diaryl/α,β-unsaturated/α-hetero) is 1. The summed E-state index contributed by atoms with van der Waals surface area (Å²) in [7, 11) is 4.30. The number of piperidine rings is 1. The zero-order valence-electron chi connectivity index (χ0n) is 27.4. The van der Waals surface area contributed by atoms with Crippen LogP contribution in [0.25, 0.3) is 0 Å². The molecule has 0 aliphatic carbocycles. The number of amides is 2. The molecule has 2 aliphatic rings. The van der Waals surface area contributed by atoms with Gasteiger partial charge in [0, 0.05) is 12.1 Å². The summed E-state index contributed by atoms with van der Waals surface area (Å²) in [6.07, 6.45) is 5.42. The molecule has 2 amide bonds. The number of methoxy groups -OCH3 is 3. The molecule has 2 saturated heterocycles. The molecule has 0 radical (unpaired) electrons. The number of esters is 1. The molecule has 2 fully saturated rings. The summed E-state index contributed by atoms with van der Waals surface area (Å²) in [5.74, 6) is -1.82. The predicted molar refractivity (Wildman–Crippen MR) is 174 cm³/mol. The van der Waals surface area contributed by atoms with Crippen LogP contribution in [0.1, 0.15) is 48.0 Å². The van der Waals surface area contributed by atoms with Crippen molar-refractivity contribution in [2.45, 2.75) is 56.9 Å². The number of likely N-dealkylation sites (tertiary alicyclic amines) is 1. The molecule has 252 valence electrons. The van der Waals surface area contributed by atoms with E-state index in [0.29, 0.717) is 31.4 Å². The van der Waals surface area contributed by atoms with Crippen molar-refractivity contribution in [2.75, 3.05) is 41.0 Å². The minimum Gasteiger partial charge on any atom is -0.493 e. The smallest absolute Gasteiger partial charge is 0.309 e. The van der Waals surface area contributed by atoms with Gasteiger partial charge in [0.25, 0.3) is 11.7 Å². The normalized spacial score (nSPS) is 17.9. The first-order valence-corrected chi connectivity index (χ1v) is 15.8. The third-order valence-corrected chi connectivity index (χ3v) is 8.53. The molecule has 11 heteroatoms. The van der Waals surface area contributed by atoms with Crippen LogP contribution in [0.3, 0.4) is 0 Å². The number of carbonyl (C=O) groups is 4. The van der Waals surface area contributed by atoms with E-state index in [1.165, 1.54) is 38.4 Å². The van der Waals surface area contributed by atoms with E-state index in [4.69, 9.17) is 23.7 Å². The Labute approximate surface area is 276 Å². The molecule has 0 aromatic heterocycles. The minimum absolute atomic E-state index is 0.0577. The Bertz CT molecular complexity index is 1410. The Kier molecular flexibility index (Phi) is 12.6. The summed E-state index contributed by atoms with van der Waals surface area (Å²) in [4.78, 5) is 57.2. The Morgan fingerprint density at radius 3 is 2.21 bits per heavy atom. The standard InChI is InChI=1S/C36H44N2O9/c1-6-12-25(13-7-2)36(42)47-23-28(46-22-24-14-9-8-10-15-24)21-37-20-27-16-11-17-29(34(37)40)38(27)35(41)32(39)26-18-30(43-3)33(45-5)31(19-26)44-4/h6-10,14-15,18-19,25,27-29H,1-2,11-13,16-17,20-23H2,3-5H3. The average molecular weight is 649 g/mol. The maximum Gasteiger partial charge on any atom is 0.309 e. The van der Waals surface area contributed by atoms with Gasteiger partial charge in [-0.3, -0.25) is 19.2 Å². The van der Waals surface area contributed by atoms with E-state index in [-0.39, 0.29) is 61.3 Å². The number of piperazine rings is 1. The lowest BCUT2D eigenvalue weighted by Gasteiger charge is -2.49. The van der Waals surface area contributed by atoms with Gasteiger partial charge in [0.2, 0.25) is 11.7 Å². The topological polar surface area (TPSA) is 121 Å².